The van der Waals surface area contributed by atoms with E-state index in [-0.39, 0.29) is 11.5 Å². The van der Waals surface area contributed by atoms with Crippen molar-refractivity contribution in [1.82, 2.24) is 20.0 Å². The van der Waals surface area contributed by atoms with E-state index < -0.39 is 17.8 Å². The number of nitrogens with one attached hydrogen (secondary N) is 2. The lowest BCUT2D eigenvalue weighted by Crippen LogP contribution is -2.13. The van der Waals surface area contributed by atoms with Crippen molar-refractivity contribution < 1.29 is 18.0 Å². The fourth-order valence-corrected chi connectivity index (χ4v) is 2.28. The Morgan fingerprint density at radius 1 is 1.28 bits per heavy atom. The summed E-state index contributed by atoms with van der Waals surface area (Å²) in [5.41, 5.74) is 0.725. The molecule has 0 aliphatic carbocycles. The molecule has 0 atom stereocenters. The van der Waals surface area contributed by atoms with Gasteiger partial charge < -0.3 is 5.32 Å². The normalized spacial score (nSPS) is 11.5. The first kappa shape index (κ1) is 16.7. The highest BCUT2D eigenvalue weighted by Gasteiger charge is 2.33. The number of alkyl halides is 3. The van der Waals surface area contributed by atoms with Crippen LogP contribution in [0.4, 0.5) is 19.0 Å². The van der Waals surface area contributed by atoms with E-state index in [1.54, 1.807) is 22.0 Å². The number of aromatic nitrogens is 4. The molecule has 0 aliphatic rings. The summed E-state index contributed by atoms with van der Waals surface area (Å²) >= 11 is 0. The average molecular weight is 349 g/mol. The number of carbonyl (C=O) groups excluding carboxylic acids is 1. The molecule has 0 saturated heterocycles. The molecule has 2 aromatic heterocycles. The second kappa shape index (κ2) is 6.42. The molecule has 0 aliphatic heterocycles. The van der Waals surface area contributed by atoms with Crippen LogP contribution < -0.4 is 5.32 Å². The molecule has 1 aromatic carbocycles. The second-order valence-electron chi connectivity index (χ2n) is 5.51. The maximum Gasteiger partial charge on any atom is 0.432 e. The number of halogens is 3. The second-order valence-corrected chi connectivity index (χ2v) is 5.51. The molecule has 130 valence electrons. The summed E-state index contributed by atoms with van der Waals surface area (Å²) in [5.74, 6) is -0.540. The Hall–Kier alpha value is -3.10. The largest absolute Gasteiger partial charge is 0.432 e. The summed E-state index contributed by atoms with van der Waals surface area (Å²) in [6.45, 7) is 2.50. The van der Waals surface area contributed by atoms with Gasteiger partial charge in [-0.2, -0.15) is 23.4 Å². The van der Waals surface area contributed by atoms with Gasteiger partial charge in [-0.15, -0.1) is 0 Å². The first-order chi connectivity index (χ1) is 11.8. The number of rotatable bonds is 4. The van der Waals surface area contributed by atoms with Crippen molar-refractivity contribution >= 4 is 11.7 Å². The van der Waals surface area contributed by atoms with Gasteiger partial charge in [-0.3, -0.25) is 14.6 Å². The fraction of sp³-hybridized carbons (Fsp3) is 0.188. The minimum absolute atomic E-state index is 0.231. The highest BCUT2D eigenvalue weighted by atomic mass is 19.4. The predicted octanol–water partition coefficient (Wildman–Crippen LogP) is 3.23. The lowest BCUT2D eigenvalue weighted by atomic mass is 10.1. The van der Waals surface area contributed by atoms with Gasteiger partial charge in [0.05, 0.1) is 6.54 Å². The van der Waals surface area contributed by atoms with Crippen LogP contribution >= 0.6 is 0 Å². The third-order valence-corrected chi connectivity index (χ3v) is 3.43. The van der Waals surface area contributed by atoms with Gasteiger partial charge in [-0.25, -0.2) is 0 Å². The third-order valence-electron chi connectivity index (χ3n) is 3.43. The van der Waals surface area contributed by atoms with E-state index in [0.29, 0.717) is 12.6 Å². The quantitative estimate of drug-likeness (QED) is 0.759. The molecule has 6 nitrogen and oxygen atoms in total. The van der Waals surface area contributed by atoms with Crippen LogP contribution in [-0.4, -0.2) is 25.9 Å². The highest BCUT2D eigenvalue weighted by molar-refractivity contribution is 6.02. The van der Waals surface area contributed by atoms with Gasteiger partial charge >= 0.3 is 6.18 Å². The molecule has 9 heteroatoms. The van der Waals surface area contributed by atoms with Gasteiger partial charge in [0.25, 0.3) is 5.91 Å². The summed E-state index contributed by atoms with van der Waals surface area (Å²) in [4.78, 5) is 12.0. The van der Waals surface area contributed by atoms with Crippen molar-refractivity contribution in [3.63, 3.8) is 0 Å². The van der Waals surface area contributed by atoms with Crippen LogP contribution in [0.25, 0.3) is 0 Å². The molecular formula is C16H14F3N5O. The van der Waals surface area contributed by atoms with E-state index in [9.17, 15) is 18.0 Å². The molecule has 2 heterocycles. The zero-order chi connectivity index (χ0) is 18.0. The van der Waals surface area contributed by atoms with E-state index in [1.165, 1.54) is 0 Å². The Kier molecular flexibility index (Phi) is 4.30. The summed E-state index contributed by atoms with van der Waals surface area (Å²) in [5, 5.41) is 11.8. The fourth-order valence-electron chi connectivity index (χ4n) is 2.28. The van der Waals surface area contributed by atoms with Crippen LogP contribution in [0.5, 0.6) is 0 Å². The predicted molar refractivity (Wildman–Crippen MR) is 84.1 cm³/mol. The number of benzene rings is 1. The SMILES string of the molecule is Cc1cccc(Cn2ccc(NC(=O)c3cc(C(F)(F)F)[nH]n3)n2)c1. The van der Waals surface area contributed by atoms with Crippen LogP contribution in [-0.2, 0) is 12.7 Å². The molecule has 1 amide bonds. The van der Waals surface area contributed by atoms with E-state index in [4.69, 9.17) is 0 Å². The Morgan fingerprint density at radius 2 is 2.08 bits per heavy atom. The molecule has 3 aromatic rings. The number of hydrogen-bond donors (Lipinski definition) is 2. The van der Waals surface area contributed by atoms with Gasteiger partial charge in [-0.05, 0) is 12.5 Å². The Morgan fingerprint density at radius 3 is 2.76 bits per heavy atom. The van der Waals surface area contributed by atoms with Crippen molar-refractivity contribution in [3.8, 4) is 0 Å². The molecule has 0 fully saturated rings. The number of nitrogens with zero attached hydrogens (tertiary/aromatic N) is 3. The molecular weight excluding hydrogens is 335 g/mol. The number of carbonyl (C=O) groups is 1. The molecule has 0 radical (unpaired) electrons. The molecule has 0 saturated carbocycles. The van der Waals surface area contributed by atoms with Crippen LogP contribution in [0, 0.1) is 6.92 Å². The van der Waals surface area contributed by atoms with Gasteiger partial charge in [-0.1, -0.05) is 29.8 Å². The first-order valence-corrected chi connectivity index (χ1v) is 7.34. The molecule has 25 heavy (non-hydrogen) atoms. The topological polar surface area (TPSA) is 75.6 Å². The van der Waals surface area contributed by atoms with Crippen molar-refractivity contribution in [2.45, 2.75) is 19.6 Å². The van der Waals surface area contributed by atoms with Gasteiger partial charge in [0.1, 0.15) is 5.69 Å². The average Bonchev–Trinajstić information content (AvgIpc) is 3.16. The summed E-state index contributed by atoms with van der Waals surface area (Å²) in [7, 11) is 0. The molecule has 0 spiro atoms. The number of H-pyrrole nitrogens is 1. The number of aromatic amines is 1. The van der Waals surface area contributed by atoms with Crippen molar-refractivity contribution in [3.05, 3.63) is 65.1 Å². The smallest absolute Gasteiger partial charge is 0.304 e. The summed E-state index contributed by atoms with van der Waals surface area (Å²) in [6.07, 6.45) is -2.91. The highest BCUT2D eigenvalue weighted by Crippen LogP contribution is 2.27. The number of aryl methyl sites for hydroxylation is 1. The number of hydrogen-bond acceptors (Lipinski definition) is 3. The lowest BCUT2D eigenvalue weighted by molar-refractivity contribution is -0.141. The van der Waals surface area contributed by atoms with Crippen molar-refractivity contribution in [2.24, 2.45) is 0 Å². The Labute approximate surface area is 140 Å². The zero-order valence-corrected chi connectivity index (χ0v) is 13.1. The summed E-state index contributed by atoms with van der Waals surface area (Å²) in [6, 6.07) is 10.1. The van der Waals surface area contributed by atoms with E-state index in [0.717, 1.165) is 11.1 Å². The van der Waals surface area contributed by atoms with Crippen molar-refractivity contribution in [2.75, 3.05) is 5.32 Å². The van der Waals surface area contributed by atoms with Crippen LogP contribution in [0.3, 0.4) is 0 Å². The van der Waals surface area contributed by atoms with Crippen LogP contribution in [0.2, 0.25) is 0 Å². The molecule has 0 unspecified atom stereocenters. The van der Waals surface area contributed by atoms with E-state index in [1.807, 2.05) is 31.2 Å². The first-order valence-electron chi connectivity index (χ1n) is 7.34. The van der Waals surface area contributed by atoms with Gasteiger partial charge in [0.15, 0.2) is 11.5 Å². The standard InChI is InChI=1S/C16H14F3N5O/c1-10-3-2-4-11(7-10)9-24-6-5-14(23-24)20-15(25)12-8-13(22-21-12)16(17,18)19/h2-8H,9H2,1H3,(H,21,22)(H,20,23,25). The Balaban J connectivity index is 1.66. The minimum Gasteiger partial charge on any atom is -0.304 e. The maximum absolute atomic E-state index is 12.5. The lowest BCUT2D eigenvalue weighted by Gasteiger charge is -2.03. The zero-order valence-electron chi connectivity index (χ0n) is 13.1. The monoisotopic (exact) mass is 349 g/mol. The third kappa shape index (κ3) is 4.06. The molecule has 0 bridgehead atoms. The Bertz CT molecular complexity index is 897. The van der Waals surface area contributed by atoms with E-state index >= 15 is 0 Å². The van der Waals surface area contributed by atoms with Gasteiger partial charge in [0, 0.05) is 18.3 Å². The van der Waals surface area contributed by atoms with Crippen LogP contribution in [0.1, 0.15) is 27.3 Å². The summed E-state index contributed by atoms with van der Waals surface area (Å²) < 4.78 is 39.2. The van der Waals surface area contributed by atoms with Crippen LogP contribution in [0.15, 0.2) is 42.6 Å². The number of anilines is 1. The molecule has 2 N–H and O–H groups in total. The number of amides is 1. The maximum atomic E-state index is 12.5. The van der Waals surface area contributed by atoms with Crippen molar-refractivity contribution in [1.29, 1.82) is 0 Å². The minimum atomic E-state index is -4.58. The van der Waals surface area contributed by atoms with E-state index in [2.05, 4.69) is 15.5 Å². The molecule has 3 rings (SSSR count). The van der Waals surface area contributed by atoms with Gasteiger partial charge in [0.2, 0.25) is 0 Å².